The number of carbonyl (C=O) groups is 1. The number of rotatable bonds is 3. The largest absolute Gasteiger partial charge is 0.303 e. The Bertz CT molecular complexity index is 328. The Hall–Kier alpha value is -1.23. The van der Waals surface area contributed by atoms with E-state index in [9.17, 15) is 4.79 Å². The van der Waals surface area contributed by atoms with Gasteiger partial charge in [-0.15, -0.1) is 5.10 Å². The zero-order chi connectivity index (χ0) is 10.7. The lowest BCUT2D eigenvalue weighted by Crippen LogP contribution is -2.33. The summed E-state index contributed by atoms with van der Waals surface area (Å²) in [5, 5.41) is 7.95. The number of carbonyl (C=O) groups excluding carboxylic acids is 1. The Morgan fingerprint density at radius 2 is 2.27 bits per heavy atom. The van der Waals surface area contributed by atoms with Crippen LogP contribution in [0.25, 0.3) is 0 Å². The molecular weight excluding hydrogens is 192 g/mol. The minimum absolute atomic E-state index is 0.267. The van der Waals surface area contributed by atoms with Crippen LogP contribution >= 0.6 is 0 Å². The Kier molecular flexibility index (Phi) is 3.11. The summed E-state index contributed by atoms with van der Waals surface area (Å²) in [6.07, 6.45) is 4.97. The summed E-state index contributed by atoms with van der Waals surface area (Å²) in [4.78, 5) is 12.9. The van der Waals surface area contributed by atoms with Gasteiger partial charge in [0.05, 0.1) is 5.69 Å². The number of aromatic nitrogens is 3. The van der Waals surface area contributed by atoms with Crippen LogP contribution in [0.1, 0.15) is 18.5 Å². The van der Waals surface area contributed by atoms with E-state index in [2.05, 4.69) is 15.2 Å². The third-order valence-electron chi connectivity index (χ3n) is 2.86. The van der Waals surface area contributed by atoms with E-state index in [0.717, 1.165) is 44.5 Å². The summed E-state index contributed by atoms with van der Waals surface area (Å²) in [5.74, 6) is 0.267. The van der Waals surface area contributed by atoms with Crippen LogP contribution in [-0.2, 0) is 18.4 Å². The molecule has 1 aromatic heterocycles. The van der Waals surface area contributed by atoms with E-state index >= 15 is 0 Å². The minimum atomic E-state index is 0.267. The van der Waals surface area contributed by atoms with Crippen molar-refractivity contribution in [2.45, 2.75) is 19.4 Å². The van der Waals surface area contributed by atoms with Crippen LogP contribution in [0.3, 0.4) is 0 Å². The second-order valence-corrected chi connectivity index (χ2v) is 4.13. The molecule has 15 heavy (non-hydrogen) atoms. The zero-order valence-corrected chi connectivity index (χ0v) is 8.96. The molecule has 0 bridgehead atoms. The highest BCUT2D eigenvalue weighted by atomic mass is 16.1. The first-order valence-electron chi connectivity index (χ1n) is 5.31. The predicted octanol–water partition coefficient (Wildman–Crippen LogP) is 0.226. The smallest absolute Gasteiger partial charge is 0.123 e. The summed E-state index contributed by atoms with van der Waals surface area (Å²) in [6, 6.07) is 0. The van der Waals surface area contributed by atoms with Crippen molar-refractivity contribution < 1.29 is 4.79 Å². The Balaban J connectivity index is 1.84. The molecule has 2 heterocycles. The molecule has 0 atom stereocenters. The van der Waals surface area contributed by atoms with Gasteiger partial charge in [0, 0.05) is 25.7 Å². The van der Waals surface area contributed by atoms with E-state index < -0.39 is 0 Å². The molecule has 0 spiro atoms. The minimum Gasteiger partial charge on any atom is -0.303 e. The van der Waals surface area contributed by atoms with E-state index in [-0.39, 0.29) is 5.92 Å². The highest BCUT2D eigenvalue weighted by Crippen LogP contribution is 2.16. The number of hydrogen-bond acceptors (Lipinski definition) is 4. The number of aryl methyl sites for hydroxylation is 1. The van der Waals surface area contributed by atoms with Crippen molar-refractivity contribution in [1.29, 1.82) is 0 Å². The van der Waals surface area contributed by atoms with Crippen molar-refractivity contribution in [2.75, 3.05) is 13.1 Å². The quantitative estimate of drug-likeness (QED) is 0.667. The molecule has 1 fully saturated rings. The van der Waals surface area contributed by atoms with Crippen molar-refractivity contribution in [3.8, 4) is 0 Å². The average Bonchev–Trinajstić information content (AvgIpc) is 2.65. The third-order valence-corrected chi connectivity index (χ3v) is 2.86. The van der Waals surface area contributed by atoms with Crippen molar-refractivity contribution in [3.63, 3.8) is 0 Å². The highest BCUT2D eigenvalue weighted by molar-refractivity contribution is 5.53. The van der Waals surface area contributed by atoms with Crippen LogP contribution in [0, 0.1) is 5.92 Å². The second-order valence-electron chi connectivity index (χ2n) is 4.13. The van der Waals surface area contributed by atoms with E-state index in [4.69, 9.17) is 0 Å². The molecule has 0 radical (unpaired) electrons. The molecule has 1 aromatic rings. The summed E-state index contributed by atoms with van der Waals surface area (Å²) in [7, 11) is 1.87. The molecule has 1 aliphatic heterocycles. The van der Waals surface area contributed by atoms with Gasteiger partial charge in [-0.2, -0.15) is 0 Å². The van der Waals surface area contributed by atoms with Gasteiger partial charge >= 0.3 is 0 Å². The SMILES string of the molecule is Cn1cc(CN2CCC(C=O)CC2)nn1. The van der Waals surface area contributed by atoms with E-state index in [0.29, 0.717) is 0 Å². The Labute approximate surface area is 89.1 Å². The van der Waals surface area contributed by atoms with E-state index in [1.54, 1.807) is 4.68 Å². The molecule has 0 unspecified atom stereocenters. The summed E-state index contributed by atoms with van der Waals surface area (Å²) in [6.45, 7) is 2.82. The summed E-state index contributed by atoms with van der Waals surface area (Å²) >= 11 is 0. The van der Waals surface area contributed by atoms with Crippen molar-refractivity contribution in [2.24, 2.45) is 13.0 Å². The lowest BCUT2D eigenvalue weighted by atomic mass is 9.99. The fourth-order valence-electron chi connectivity index (χ4n) is 1.94. The van der Waals surface area contributed by atoms with Gasteiger partial charge in [0.1, 0.15) is 6.29 Å². The van der Waals surface area contributed by atoms with Gasteiger partial charge in [-0.1, -0.05) is 5.21 Å². The third kappa shape index (κ3) is 2.62. The maximum absolute atomic E-state index is 10.6. The molecule has 0 aromatic carbocycles. The summed E-state index contributed by atoms with van der Waals surface area (Å²) < 4.78 is 1.72. The molecule has 5 heteroatoms. The fourth-order valence-corrected chi connectivity index (χ4v) is 1.94. The van der Waals surface area contributed by atoms with Crippen molar-refractivity contribution >= 4 is 6.29 Å². The predicted molar refractivity (Wildman–Crippen MR) is 55.1 cm³/mol. The van der Waals surface area contributed by atoms with Gasteiger partial charge in [0.15, 0.2) is 0 Å². The first-order valence-corrected chi connectivity index (χ1v) is 5.31. The van der Waals surface area contributed by atoms with Gasteiger partial charge in [-0.25, -0.2) is 0 Å². The van der Waals surface area contributed by atoms with Crippen LogP contribution in [0.5, 0.6) is 0 Å². The average molecular weight is 208 g/mol. The van der Waals surface area contributed by atoms with Crippen LogP contribution in [0.2, 0.25) is 0 Å². The molecule has 0 aliphatic carbocycles. The van der Waals surface area contributed by atoms with Crippen molar-refractivity contribution in [3.05, 3.63) is 11.9 Å². The molecule has 82 valence electrons. The molecule has 5 nitrogen and oxygen atoms in total. The van der Waals surface area contributed by atoms with Gasteiger partial charge < -0.3 is 4.79 Å². The normalized spacial score (nSPS) is 19.3. The first-order chi connectivity index (χ1) is 7.28. The topological polar surface area (TPSA) is 51.0 Å². The van der Waals surface area contributed by atoms with E-state index in [1.165, 1.54) is 0 Å². The fraction of sp³-hybridized carbons (Fsp3) is 0.700. The van der Waals surface area contributed by atoms with Crippen LogP contribution in [0.4, 0.5) is 0 Å². The van der Waals surface area contributed by atoms with Gasteiger partial charge in [0.25, 0.3) is 0 Å². The molecule has 1 aliphatic rings. The van der Waals surface area contributed by atoms with Crippen LogP contribution in [-0.4, -0.2) is 39.3 Å². The molecule has 0 saturated carbocycles. The van der Waals surface area contributed by atoms with E-state index in [1.807, 2.05) is 13.2 Å². The van der Waals surface area contributed by atoms with Gasteiger partial charge in [0.2, 0.25) is 0 Å². The standard InChI is InChI=1S/C10H16N4O/c1-13-6-10(11-12-13)7-14-4-2-9(8-15)3-5-14/h6,8-9H,2-5,7H2,1H3. The Morgan fingerprint density at radius 1 is 1.53 bits per heavy atom. The number of likely N-dealkylation sites (tertiary alicyclic amines) is 1. The number of nitrogens with zero attached hydrogens (tertiary/aromatic N) is 4. The maximum atomic E-state index is 10.6. The van der Waals surface area contributed by atoms with Gasteiger partial charge in [-0.3, -0.25) is 9.58 Å². The maximum Gasteiger partial charge on any atom is 0.123 e. The Morgan fingerprint density at radius 3 is 2.80 bits per heavy atom. The molecule has 2 rings (SSSR count). The lowest BCUT2D eigenvalue weighted by molar-refractivity contribution is -0.112. The summed E-state index contributed by atoms with van der Waals surface area (Å²) in [5.41, 5.74) is 1.00. The highest BCUT2D eigenvalue weighted by Gasteiger charge is 2.18. The molecule has 1 saturated heterocycles. The van der Waals surface area contributed by atoms with Crippen molar-refractivity contribution in [1.82, 2.24) is 19.9 Å². The second kappa shape index (κ2) is 4.53. The number of aldehydes is 1. The molecule has 0 amide bonds. The first kappa shape index (κ1) is 10.3. The van der Waals surface area contributed by atoms with Crippen LogP contribution < -0.4 is 0 Å². The number of piperidine rings is 1. The lowest BCUT2D eigenvalue weighted by Gasteiger charge is -2.28. The molecular formula is C10H16N4O. The molecule has 0 N–H and O–H groups in total. The van der Waals surface area contributed by atoms with Gasteiger partial charge in [-0.05, 0) is 25.9 Å². The van der Waals surface area contributed by atoms with Crippen LogP contribution in [0.15, 0.2) is 6.20 Å². The monoisotopic (exact) mass is 208 g/mol. The zero-order valence-electron chi connectivity index (χ0n) is 8.96. The number of hydrogen-bond donors (Lipinski definition) is 0.